The number of fused-ring (bicyclic) bond motifs is 1. The molecule has 198 valence electrons. The normalized spacial score (nSPS) is 11.3. The Labute approximate surface area is 231 Å². The van der Waals surface area contributed by atoms with Gasteiger partial charge in [-0.05, 0) is 60.0 Å². The third kappa shape index (κ3) is 6.42. The van der Waals surface area contributed by atoms with Gasteiger partial charge in [0.05, 0.1) is 21.1 Å². The van der Waals surface area contributed by atoms with Crippen LogP contribution in [0.25, 0.3) is 10.9 Å². The molecule has 0 fully saturated rings. The average molecular weight is 560 g/mol. The summed E-state index contributed by atoms with van der Waals surface area (Å²) in [5.41, 5.74) is 3.52. The van der Waals surface area contributed by atoms with E-state index in [2.05, 4.69) is 15.0 Å². The van der Waals surface area contributed by atoms with Gasteiger partial charge in [0.15, 0.2) is 0 Å². The topological polar surface area (TPSA) is 100 Å². The predicted octanol–water partition coefficient (Wildman–Crippen LogP) is 6.17. The predicted molar refractivity (Wildman–Crippen MR) is 154 cm³/mol. The largest absolute Gasteiger partial charge is 0.489 e. The van der Waals surface area contributed by atoms with E-state index in [1.807, 2.05) is 54.6 Å². The number of ether oxygens (including phenoxy) is 1. The van der Waals surface area contributed by atoms with Gasteiger partial charge in [-0.1, -0.05) is 66.2 Å². The quantitative estimate of drug-likeness (QED) is 0.190. The number of benzene rings is 4. The van der Waals surface area contributed by atoms with Crippen molar-refractivity contribution in [3.05, 3.63) is 125 Å². The molecule has 7 nitrogen and oxygen atoms in total. The number of aromatic amines is 1. The second kappa shape index (κ2) is 11.6. The molecule has 0 atom stereocenters. The van der Waals surface area contributed by atoms with E-state index in [9.17, 15) is 13.2 Å². The van der Waals surface area contributed by atoms with Crippen LogP contribution in [-0.4, -0.2) is 25.9 Å². The Morgan fingerprint density at radius 3 is 2.33 bits per heavy atom. The molecule has 0 bridgehead atoms. The first-order chi connectivity index (χ1) is 18.9. The SMILES string of the molecule is O=C(NCCc1ccc(OCc2ccccc2)cc1)c1ccc(S(=O)(=O)Nc2cccc3c(Cl)c[nH]c23)cc1. The highest BCUT2D eigenvalue weighted by atomic mass is 35.5. The molecule has 39 heavy (non-hydrogen) atoms. The second-order valence-electron chi connectivity index (χ2n) is 8.92. The van der Waals surface area contributed by atoms with E-state index in [1.165, 1.54) is 24.3 Å². The number of para-hydroxylation sites is 1. The number of amides is 1. The lowest BCUT2D eigenvalue weighted by Gasteiger charge is -2.10. The standard InChI is InChI=1S/C30H26ClN3O4S/c31-27-19-33-29-26(27)7-4-8-28(29)34-39(36,37)25-15-11-23(12-16-25)30(35)32-18-17-21-9-13-24(14-10-21)38-20-22-5-2-1-3-6-22/h1-16,19,33-34H,17-18,20H2,(H,32,35). The molecule has 0 aliphatic carbocycles. The number of hydrogen-bond donors (Lipinski definition) is 3. The second-order valence-corrected chi connectivity index (χ2v) is 11.0. The Balaban J connectivity index is 1.13. The van der Waals surface area contributed by atoms with Gasteiger partial charge in [0.2, 0.25) is 0 Å². The Morgan fingerprint density at radius 2 is 1.59 bits per heavy atom. The molecule has 0 saturated heterocycles. The first-order valence-corrected chi connectivity index (χ1v) is 14.2. The first kappa shape index (κ1) is 26.3. The lowest BCUT2D eigenvalue weighted by molar-refractivity contribution is 0.0954. The van der Waals surface area contributed by atoms with E-state index in [-0.39, 0.29) is 10.8 Å². The number of halogens is 1. The molecule has 0 aliphatic rings. The van der Waals surface area contributed by atoms with Crippen LogP contribution in [0.3, 0.4) is 0 Å². The zero-order chi connectivity index (χ0) is 27.2. The maximum atomic E-state index is 12.9. The van der Waals surface area contributed by atoms with Crippen LogP contribution in [0, 0.1) is 0 Å². The molecule has 5 rings (SSSR count). The van der Waals surface area contributed by atoms with Crippen molar-refractivity contribution < 1.29 is 17.9 Å². The Morgan fingerprint density at radius 1 is 0.846 bits per heavy atom. The number of sulfonamides is 1. The molecular formula is C30H26ClN3O4S. The fraction of sp³-hybridized carbons (Fsp3) is 0.100. The van der Waals surface area contributed by atoms with Crippen LogP contribution >= 0.6 is 11.6 Å². The lowest BCUT2D eigenvalue weighted by Crippen LogP contribution is -2.25. The van der Waals surface area contributed by atoms with Crippen molar-refractivity contribution in [2.24, 2.45) is 0 Å². The van der Waals surface area contributed by atoms with E-state index < -0.39 is 10.0 Å². The molecule has 1 heterocycles. The van der Waals surface area contributed by atoms with Crippen molar-refractivity contribution in [3.8, 4) is 5.75 Å². The number of anilines is 1. The number of hydrogen-bond acceptors (Lipinski definition) is 4. The summed E-state index contributed by atoms with van der Waals surface area (Å²) in [7, 11) is -3.87. The van der Waals surface area contributed by atoms with Crippen molar-refractivity contribution in [3.63, 3.8) is 0 Å². The molecule has 1 aromatic heterocycles. The number of rotatable bonds is 10. The minimum Gasteiger partial charge on any atom is -0.489 e. The molecule has 4 aromatic carbocycles. The van der Waals surface area contributed by atoms with Crippen molar-refractivity contribution in [1.82, 2.24) is 10.3 Å². The summed E-state index contributed by atoms with van der Waals surface area (Å²) in [5, 5.41) is 4.10. The summed E-state index contributed by atoms with van der Waals surface area (Å²) in [4.78, 5) is 15.6. The zero-order valence-corrected chi connectivity index (χ0v) is 22.4. The molecular weight excluding hydrogens is 534 g/mol. The maximum Gasteiger partial charge on any atom is 0.261 e. The lowest BCUT2D eigenvalue weighted by atomic mass is 10.1. The average Bonchev–Trinajstić information content (AvgIpc) is 3.34. The van der Waals surface area contributed by atoms with Crippen molar-refractivity contribution >= 4 is 44.1 Å². The van der Waals surface area contributed by atoms with Gasteiger partial charge in [-0.2, -0.15) is 0 Å². The third-order valence-corrected chi connectivity index (χ3v) is 7.90. The molecule has 0 spiro atoms. The third-order valence-electron chi connectivity index (χ3n) is 6.21. The molecule has 0 aliphatic heterocycles. The van der Waals surface area contributed by atoms with Gasteiger partial charge < -0.3 is 15.0 Å². The highest BCUT2D eigenvalue weighted by molar-refractivity contribution is 7.92. The van der Waals surface area contributed by atoms with Crippen molar-refractivity contribution in [1.29, 1.82) is 0 Å². The summed E-state index contributed by atoms with van der Waals surface area (Å²) in [6.07, 6.45) is 2.25. The minimum atomic E-state index is -3.87. The van der Waals surface area contributed by atoms with Crippen molar-refractivity contribution in [2.75, 3.05) is 11.3 Å². The highest BCUT2D eigenvalue weighted by Gasteiger charge is 2.17. The molecule has 0 unspecified atom stereocenters. The monoisotopic (exact) mass is 559 g/mol. The number of nitrogens with one attached hydrogen (secondary N) is 3. The molecule has 3 N–H and O–H groups in total. The van der Waals surface area contributed by atoms with Gasteiger partial charge in [-0.25, -0.2) is 8.42 Å². The van der Waals surface area contributed by atoms with Gasteiger partial charge in [-0.3, -0.25) is 9.52 Å². The van der Waals surface area contributed by atoms with Gasteiger partial charge >= 0.3 is 0 Å². The smallest absolute Gasteiger partial charge is 0.261 e. The molecule has 1 amide bonds. The fourth-order valence-electron chi connectivity index (χ4n) is 4.11. The van der Waals surface area contributed by atoms with Crippen LogP contribution in [0.1, 0.15) is 21.5 Å². The van der Waals surface area contributed by atoms with E-state index >= 15 is 0 Å². The molecule has 0 radical (unpaired) electrons. The van der Waals surface area contributed by atoms with E-state index in [1.54, 1.807) is 24.4 Å². The summed E-state index contributed by atoms with van der Waals surface area (Å²) >= 11 is 6.14. The number of carbonyl (C=O) groups is 1. The van der Waals surface area contributed by atoms with E-state index in [0.717, 1.165) is 22.3 Å². The van der Waals surface area contributed by atoms with Gasteiger partial charge in [0.25, 0.3) is 15.9 Å². The van der Waals surface area contributed by atoms with Crippen LogP contribution in [0.2, 0.25) is 5.02 Å². The van der Waals surface area contributed by atoms with Crippen LogP contribution in [0.15, 0.2) is 108 Å². The van der Waals surface area contributed by atoms with Crippen LogP contribution in [0.4, 0.5) is 5.69 Å². The Bertz CT molecular complexity index is 1680. The first-order valence-electron chi connectivity index (χ1n) is 12.3. The summed E-state index contributed by atoms with van der Waals surface area (Å²) < 4.78 is 34.3. The minimum absolute atomic E-state index is 0.0447. The molecule has 0 saturated carbocycles. The van der Waals surface area contributed by atoms with Crippen LogP contribution in [0.5, 0.6) is 5.75 Å². The van der Waals surface area contributed by atoms with Gasteiger partial charge in [-0.15, -0.1) is 0 Å². The van der Waals surface area contributed by atoms with E-state index in [4.69, 9.17) is 16.3 Å². The fourth-order valence-corrected chi connectivity index (χ4v) is 5.39. The Kier molecular flexibility index (Phi) is 7.86. The maximum absolute atomic E-state index is 12.9. The highest BCUT2D eigenvalue weighted by Crippen LogP contribution is 2.30. The van der Waals surface area contributed by atoms with Crippen molar-refractivity contribution in [2.45, 2.75) is 17.9 Å². The molecule has 5 aromatic rings. The van der Waals surface area contributed by atoms with Crippen LogP contribution < -0.4 is 14.8 Å². The number of H-pyrrole nitrogens is 1. The Hall–Kier alpha value is -4.27. The summed E-state index contributed by atoms with van der Waals surface area (Å²) in [6, 6.07) is 28.7. The van der Waals surface area contributed by atoms with Gasteiger partial charge in [0, 0.05) is 23.7 Å². The summed E-state index contributed by atoms with van der Waals surface area (Å²) in [6.45, 7) is 0.942. The number of aromatic nitrogens is 1. The summed E-state index contributed by atoms with van der Waals surface area (Å²) in [5.74, 6) is 0.505. The zero-order valence-electron chi connectivity index (χ0n) is 20.9. The van der Waals surface area contributed by atoms with Gasteiger partial charge in [0.1, 0.15) is 12.4 Å². The number of carbonyl (C=O) groups excluding carboxylic acids is 1. The van der Waals surface area contributed by atoms with E-state index in [0.29, 0.717) is 41.4 Å². The molecule has 9 heteroatoms. The van der Waals surface area contributed by atoms with Crippen LogP contribution in [-0.2, 0) is 23.1 Å².